The molecular formula is C20H19NO2S. The van der Waals surface area contributed by atoms with E-state index in [1.54, 1.807) is 7.11 Å². The summed E-state index contributed by atoms with van der Waals surface area (Å²) in [5.41, 5.74) is 2.98. The first-order chi connectivity index (χ1) is 11.7. The van der Waals surface area contributed by atoms with Crippen molar-refractivity contribution >= 4 is 17.2 Å². The molecule has 3 nitrogen and oxygen atoms in total. The van der Waals surface area contributed by atoms with Crippen LogP contribution in [0.3, 0.4) is 0 Å². The van der Waals surface area contributed by atoms with Crippen LogP contribution in [0.4, 0.5) is 0 Å². The fraction of sp³-hybridized carbons (Fsp3) is 0.150. The van der Waals surface area contributed by atoms with Gasteiger partial charge < -0.3 is 10.1 Å². The molecule has 4 heteroatoms. The largest absolute Gasteiger partial charge is 0.496 e. The van der Waals surface area contributed by atoms with Crippen molar-refractivity contribution in [3.63, 3.8) is 0 Å². The molecule has 3 aromatic rings. The molecule has 122 valence electrons. The van der Waals surface area contributed by atoms with Crippen molar-refractivity contribution in [1.29, 1.82) is 0 Å². The van der Waals surface area contributed by atoms with Crippen LogP contribution in [-0.4, -0.2) is 13.0 Å². The summed E-state index contributed by atoms with van der Waals surface area (Å²) in [5, 5.41) is 5.02. The van der Waals surface area contributed by atoms with Crippen LogP contribution in [0.5, 0.6) is 5.75 Å². The van der Waals surface area contributed by atoms with Gasteiger partial charge in [-0.3, -0.25) is 4.79 Å². The number of hydrogen-bond donors (Lipinski definition) is 1. The van der Waals surface area contributed by atoms with E-state index in [4.69, 9.17) is 4.74 Å². The quantitative estimate of drug-likeness (QED) is 0.718. The molecule has 24 heavy (non-hydrogen) atoms. The van der Waals surface area contributed by atoms with Gasteiger partial charge >= 0.3 is 0 Å². The van der Waals surface area contributed by atoms with Crippen molar-refractivity contribution in [3.05, 3.63) is 76.5 Å². The highest BCUT2D eigenvalue weighted by Crippen LogP contribution is 2.30. The zero-order valence-electron chi connectivity index (χ0n) is 13.7. The van der Waals surface area contributed by atoms with Crippen LogP contribution in [0.2, 0.25) is 0 Å². The lowest BCUT2D eigenvalue weighted by Crippen LogP contribution is -2.26. The van der Waals surface area contributed by atoms with Crippen LogP contribution in [0.25, 0.3) is 11.1 Å². The zero-order valence-corrected chi connectivity index (χ0v) is 14.5. The van der Waals surface area contributed by atoms with Gasteiger partial charge in [-0.05, 0) is 30.0 Å². The molecule has 1 atom stereocenters. The highest BCUT2D eigenvalue weighted by atomic mass is 32.1. The minimum absolute atomic E-state index is 0.0674. The molecule has 0 aliphatic rings. The molecule has 0 spiro atoms. The van der Waals surface area contributed by atoms with Crippen LogP contribution in [0.1, 0.15) is 28.2 Å². The van der Waals surface area contributed by atoms with E-state index in [1.807, 2.05) is 73.0 Å². The van der Waals surface area contributed by atoms with E-state index in [0.717, 1.165) is 27.3 Å². The van der Waals surface area contributed by atoms with Crippen molar-refractivity contribution in [3.8, 4) is 16.9 Å². The number of nitrogens with one attached hydrogen (secondary N) is 1. The van der Waals surface area contributed by atoms with E-state index in [0.29, 0.717) is 0 Å². The van der Waals surface area contributed by atoms with E-state index < -0.39 is 0 Å². The molecule has 1 N–H and O–H groups in total. The first kappa shape index (κ1) is 16.3. The third kappa shape index (κ3) is 3.34. The Labute approximate surface area is 145 Å². The number of methoxy groups -OCH3 is 1. The Hall–Kier alpha value is -2.59. The first-order valence-electron chi connectivity index (χ1n) is 7.77. The van der Waals surface area contributed by atoms with Crippen LogP contribution in [0.15, 0.2) is 66.0 Å². The fourth-order valence-electron chi connectivity index (χ4n) is 2.69. The summed E-state index contributed by atoms with van der Waals surface area (Å²) < 4.78 is 5.38. The number of amides is 1. The summed E-state index contributed by atoms with van der Waals surface area (Å²) in [6.45, 7) is 1.96. The van der Waals surface area contributed by atoms with Gasteiger partial charge in [0.15, 0.2) is 0 Å². The fourth-order valence-corrected chi connectivity index (χ4v) is 3.51. The Morgan fingerprint density at radius 2 is 1.75 bits per heavy atom. The number of rotatable bonds is 5. The van der Waals surface area contributed by atoms with Gasteiger partial charge in [0.1, 0.15) is 5.75 Å². The van der Waals surface area contributed by atoms with Gasteiger partial charge in [0.2, 0.25) is 0 Å². The molecule has 3 rings (SSSR count). The Bertz CT molecular complexity index is 826. The summed E-state index contributed by atoms with van der Waals surface area (Å²) in [4.78, 5) is 13.5. The van der Waals surface area contributed by atoms with E-state index in [9.17, 15) is 4.79 Å². The molecular weight excluding hydrogens is 318 g/mol. The predicted octanol–water partition coefficient (Wildman–Crippen LogP) is 4.91. The van der Waals surface area contributed by atoms with Gasteiger partial charge in [0, 0.05) is 11.1 Å². The summed E-state index contributed by atoms with van der Waals surface area (Å²) in [7, 11) is 1.64. The summed E-state index contributed by atoms with van der Waals surface area (Å²) >= 11 is 1.46. The smallest absolute Gasteiger partial charge is 0.262 e. The average molecular weight is 337 g/mol. The zero-order chi connectivity index (χ0) is 16.9. The van der Waals surface area contributed by atoms with E-state index in [1.165, 1.54) is 11.3 Å². The number of carbonyl (C=O) groups is 1. The normalized spacial score (nSPS) is 11.8. The van der Waals surface area contributed by atoms with Crippen LogP contribution in [-0.2, 0) is 0 Å². The first-order valence-corrected chi connectivity index (χ1v) is 8.65. The van der Waals surface area contributed by atoms with E-state index in [-0.39, 0.29) is 11.9 Å². The Balaban J connectivity index is 1.82. The lowest BCUT2D eigenvalue weighted by atomic mass is 10.1. The third-order valence-electron chi connectivity index (χ3n) is 3.91. The minimum atomic E-state index is -0.139. The molecule has 0 saturated heterocycles. The van der Waals surface area contributed by atoms with Gasteiger partial charge in [0.25, 0.3) is 5.91 Å². The third-order valence-corrected chi connectivity index (χ3v) is 4.82. The maximum absolute atomic E-state index is 12.7. The molecule has 0 radical (unpaired) electrons. The van der Waals surface area contributed by atoms with E-state index in [2.05, 4.69) is 5.32 Å². The average Bonchev–Trinajstić information content (AvgIpc) is 3.12. The lowest BCUT2D eigenvalue weighted by Gasteiger charge is -2.17. The molecule has 0 bridgehead atoms. The maximum atomic E-state index is 12.7. The second kappa shape index (κ2) is 7.32. The van der Waals surface area contributed by atoms with Crippen molar-refractivity contribution in [2.75, 3.05) is 7.11 Å². The van der Waals surface area contributed by atoms with Crippen molar-refractivity contribution < 1.29 is 9.53 Å². The van der Waals surface area contributed by atoms with Crippen molar-refractivity contribution in [1.82, 2.24) is 5.32 Å². The summed E-state index contributed by atoms with van der Waals surface area (Å²) in [6, 6.07) is 19.5. The Morgan fingerprint density at radius 3 is 2.50 bits per heavy atom. The number of benzene rings is 2. The number of hydrogen-bond acceptors (Lipinski definition) is 3. The summed E-state index contributed by atoms with van der Waals surface area (Å²) in [6.07, 6.45) is 0. The number of thiophene rings is 1. The van der Waals surface area contributed by atoms with Crippen LogP contribution in [0, 0.1) is 0 Å². The highest BCUT2D eigenvalue weighted by Gasteiger charge is 2.18. The van der Waals surface area contributed by atoms with Crippen LogP contribution >= 0.6 is 11.3 Å². The van der Waals surface area contributed by atoms with E-state index >= 15 is 0 Å². The second-order valence-electron chi connectivity index (χ2n) is 5.47. The van der Waals surface area contributed by atoms with Crippen molar-refractivity contribution in [2.24, 2.45) is 0 Å². The number of carbonyl (C=O) groups excluding carboxylic acids is 1. The molecule has 2 aromatic carbocycles. The van der Waals surface area contributed by atoms with Crippen molar-refractivity contribution in [2.45, 2.75) is 13.0 Å². The highest BCUT2D eigenvalue weighted by molar-refractivity contribution is 7.12. The SMILES string of the molecule is COc1ccccc1C(C)NC(=O)c1sccc1-c1ccccc1. The Morgan fingerprint density at radius 1 is 1.04 bits per heavy atom. The van der Waals surface area contributed by atoms with Gasteiger partial charge in [-0.15, -0.1) is 11.3 Å². The molecule has 0 saturated carbocycles. The maximum Gasteiger partial charge on any atom is 0.262 e. The molecule has 1 aromatic heterocycles. The molecule has 1 amide bonds. The molecule has 0 aliphatic heterocycles. The lowest BCUT2D eigenvalue weighted by molar-refractivity contribution is 0.0944. The van der Waals surface area contributed by atoms with Gasteiger partial charge in [-0.25, -0.2) is 0 Å². The topological polar surface area (TPSA) is 38.3 Å². The monoisotopic (exact) mass is 337 g/mol. The second-order valence-corrected chi connectivity index (χ2v) is 6.38. The number of para-hydroxylation sites is 1. The molecule has 0 fully saturated rings. The predicted molar refractivity (Wildman–Crippen MR) is 98.6 cm³/mol. The number of ether oxygens (including phenoxy) is 1. The van der Waals surface area contributed by atoms with Gasteiger partial charge in [-0.1, -0.05) is 48.5 Å². The molecule has 1 heterocycles. The summed E-state index contributed by atoms with van der Waals surface area (Å²) in [5.74, 6) is 0.710. The minimum Gasteiger partial charge on any atom is -0.496 e. The standard InChI is InChI=1S/C20H19NO2S/c1-14(16-10-6-7-11-18(16)23-2)21-20(22)19-17(12-13-24-19)15-8-4-3-5-9-15/h3-14H,1-2H3,(H,21,22). The van der Waals surface area contributed by atoms with Gasteiger partial charge in [0.05, 0.1) is 18.0 Å². The van der Waals surface area contributed by atoms with Crippen LogP contribution < -0.4 is 10.1 Å². The molecule has 0 aliphatic carbocycles. The molecule has 1 unspecified atom stereocenters. The Kier molecular flexibility index (Phi) is 4.96. The van der Waals surface area contributed by atoms with Gasteiger partial charge in [-0.2, -0.15) is 0 Å².